The van der Waals surface area contributed by atoms with Gasteiger partial charge in [-0.25, -0.2) is 0 Å². The normalized spacial score (nSPS) is 25.7. The van der Waals surface area contributed by atoms with Crippen LogP contribution in [0.4, 0.5) is 0 Å². The molecule has 1 aliphatic carbocycles. The highest BCUT2D eigenvalue weighted by atomic mass is 16.3. The van der Waals surface area contributed by atoms with Crippen LogP contribution in [0, 0.1) is 0 Å². The highest BCUT2D eigenvalue weighted by molar-refractivity contribution is 6.05. The van der Waals surface area contributed by atoms with Crippen molar-refractivity contribution < 1.29 is 19.8 Å². The van der Waals surface area contributed by atoms with Gasteiger partial charge < -0.3 is 15.1 Å². The Labute approximate surface area is 116 Å². The highest BCUT2D eigenvalue weighted by Gasteiger charge is 2.31. The Hall–Kier alpha value is -1.72. The number of piperidine rings is 1. The van der Waals surface area contributed by atoms with E-state index in [1.807, 2.05) is 0 Å². The SMILES string of the molecule is O=C1CCc2c1cccc2C(=O)N1C[C@H](O)C[C@@H](O)C1. The van der Waals surface area contributed by atoms with Gasteiger partial charge in [0, 0.05) is 37.1 Å². The number of aliphatic hydroxyl groups excluding tert-OH is 2. The van der Waals surface area contributed by atoms with E-state index in [2.05, 4.69) is 0 Å². The number of amides is 1. The molecule has 0 spiro atoms. The topological polar surface area (TPSA) is 77.8 Å². The number of nitrogens with zero attached hydrogens (tertiary/aromatic N) is 1. The number of β-amino-alcohol motifs (C(OH)–C–C–N with tert-alkyl or cyclic N) is 2. The second-order valence-electron chi connectivity index (χ2n) is 5.51. The Kier molecular flexibility index (Phi) is 3.31. The van der Waals surface area contributed by atoms with Crippen LogP contribution in [0.15, 0.2) is 18.2 Å². The molecule has 1 amide bonds. The summed E-state index contributed by atoms with van der Waals surface area (Å²) in [7, 11) is 0. The van der Waals surface area contributed by atoms with E-state index in [9.17, 15) is 19.8 Å². The van der Waals surface area contributed by atoms with Gasteiger partial charge in [-0.3, -0.25) is 9.59 Å². The number of ketones is 1. The zero-order valence-corrected chi connectivity index (χ0v) is 11.1. The van der Waals surface area contributed by atoms with Crippen LogP contribution < -0.4 is 0 Å². The molecular weight excluding hydrogens is 258 g/mol. The zero-order chi connectivity index (χ0) is 14.3. The fourth-order valence-corrected chi connectivity index (χ4v) is 3.07. The van der Waals surface area contributed by atoms with Crippen LogP contribution in [-0.4, -0.2) is 52.1 Å². The number of likely N-dealkylation sites (tertiary alicyclic amines) is 1. The summed E-state index contributed by atoms with van der Waals surface area (Å²) in [4.78, 5) is 25.7. The molecule has 3 rings (SSSR count). The van der Waals surface area contributed by atoms with Gasteiger partial charge >= 0.3 is 0 Å². The van der Waals surface area contributed by atoms with Gasteiger partial charge in [0.15, 0.2) is 5.78 Å². The van der Waals surface area contributed by atoms with Crippen molar-refractivity contribution in [2.75, 3.05) is 13.1 Å². The monoisotopic (exact) mass is 275 g/mol. The lowest BCUT2D eigenvalue weighted by Crippen LogP contribution is -2.48. The van der Waals surface area contributed by atoms with E-state index < -0.39 is 12.2 Å². The smallest absolute Gasteiger partial charge is 0.254 e. The molecule has 1 aliphatic heterocycles. The van der Waals surface area contributed by atoms with Crippen molar-refractivity contribution in [3.8, 4) is 0 Å². The van der Waals surface area contributed by atoms with Crippen molar-refractivity contribution in [2.45, 2.75) is 31.5 Å². The molecule has 2 aliphatic rings. The third-order valence-electron chi connectivity index (χ3n) is 4.00. The van der Waals surface area contributed by atoms with Gasteiger partial charge in [0.25, 0.3) is 5.91 Å². The Balaban J connectivity index is 1.90. The van der Waals surface area contributed by atoms with Gasteiger partial charge in [0.05, 0.1) is 12.2 Å². The minimum atomic E-state index is -0.693. The van der Waals surface area contributed by atoms with Crippen molar-refractivity contribution >= 4 is 11.7 Å². The highest BCUT2D eigenvalue weighted by Crippen LogP contribution is 2.27. The van der Waals surface area contributed by atoms with Gasteiger partial charge in [-0.2, -0.15) is 0 Å². The average molecular weight is 275 g/mol. The third-order valence-corrected chi connectivity index (χ3v) is 4.00. The molecule has 2 N–H and O–H groups in total. The number of hydrogen-bond acceptors (Lipinski definition) is 4. The van der Waals surface area contributed by atoms with Crippen LogP contribution >= 0.6 is 0 Å². The van der Waals surface area contributed by atoms with Gasteiger partial charge in [0.1, 0.15) is 0 Å². The largest absolute Gasteiger partial charge is 0.391 e. The number of carbonyl (C=O) groups is 2. The zero-order valence-electron chi connectivity index (χ0n) is 11.1. The maximum atomic E-state index is 12.5. The Morgan fingerprint density at radius 3 is 2.55 bits per heavy atom. The van der Waals surface area contributed by atoms with Crippen molar-refractivity contribution in [3.63, 3.8) is 0 Å². The van der Waals surface area contributed by atoms with Gasteiger partial charge in [0.2, 0.25) is 0 Å². The summed E-state index contributed by atoms with van der Waals surface area (Å²) in [6, 6.07) is 5.18. The lowest BCUT2D eigenvalue weighted by molar-refractivity contribution is -0.00389. The van der Waals surface area contributed by atoms with Gasteiger partial charge in [-0.15, -0.1) is 0 Å². The molecule has 20 heavy (non-hydrogen) atoms. The Morgan fingerprint density at radius 1 is 1.15 bits per heavy atom. The maximum Gasteiger partial charge on any atom is 0.254 e. The second-order valence-corrected chi connectivity index (χ2v) is 5.51. The average Bonchev–Trinajstić information content (AvgIpc) is 2.79. The number of benzene rings is 1. The quantitative estimate of drug-likeness (QED) is 0.777. The summed E-state index contributed by atoms with van der Waals surface area (Å²) in [5, 5.41) is 19.3. The predicted molar refractivity (Wildman–Crippen MR) is 71.6 cm³/mol. The summed E-state index contributed by atoms with van der Waals surface area (Å²) in [5.41, 5.74) is 1.96. The number of hydrogen-bond donors (Lipinski definition) is 2. The summed E-state index contributed by atoms with van der Waals surface area (Å²) >= 11 is 0. The van der Waals surface area contributed by atoms with E-state index >= 15 is 0 Å². The maximum absolute atomic E-state index is 12.5. The minimum absolute atomic E-state index is 0.0772. The molecule has 2 atom stereocenters. The fraction of sp³-hybridized carbons (Fsp3) is 0.467. The lowest BCUT2D eigenvalue weighted by atomic mass is 10.00. The van der Waals surface area contributed by atoms with Crippen molar-refractivity contribution in [1.82, 2.24) is 4.90 Å². The number of fused-ring (bicyclic) bond motifs is 1. The third kappa shape index (κ3) is 2.23. The summed E-state index contributed by atoms with van der Waals surface area (Å²) < 4.78 is 0. The molecular formula is C15H17NO4. The van der Waals surface area contributed by atoms with Crippen molar-refractivity contribution in [1.29, 1.82) is 0 Å². The van der Waals surface area contributed by atoms with Crippen LogP contribution in [0.5, 0.6) is 0 Å². The van der Waals surface area contributed by atoms with Crippen molar-refractivity contribution in [2.24, 2.45) is 0 Å². The first-order valence-corrected chi connectivity index (χ1v) is 6.86. The van der Waals surface area contributed by atoms with Crippen LogP contribution in [0.3, 0.4) is 0 Å². The van der Waals surface area contributed by atoms with E-state index in [1.165, 1.54) is 4.90 Å². The van der Waals surface area contributed by atoms with Gasteiger partial charge in [-0.05, 0) is 18.1 Å². The lowest BCUT2D eigenvalue weighted by Gasteiger charge is -2.33. The van der Waals surface area contributed by atoms with E-state index in [0.29, 0.717) is 30.4 Å². The van der Waals surface area contributed by atoms with Crippen molar-refractivity contribution in [3.05, 3.63) is 34.9 Å². The molecule has 1 heterocycles. The molecule has 0 unspecified atom stereocenters. The number of aliphatic hydroxyl groups is 2. The molecule has 0 radical (unpaired) electrons. The molecule has 106 valence electrons. The van der Waals surface area contributed by atoms with E-state index in [1.54, 1.807) is 18.2 Å². The second kappa shape index (κ2) is 5.00. The Bertz CT molecular complexity index is 559. The molecule has 1 aromatic rings. The molecule has 1 saturated heterocycles. The fourth-order valence-electron chi connectivity index (χ4n) is 3.07. The molecule has 1 fully saturated rings. The molecule has 5 heteroatoms. The Morgan fingerprint density at radius 2 is 1.85 bits per heavy atom. The van der Waals surface area contributed by atoms with Crippen LogP contribution in [0.2, 0.25) is 0 Å². The van der Waals surface area contributed by atoms with Crippen LogP contribution in [0.1, 0.15) is 39.1 Å². The van der Waals surface area contributed by atoms with Gasteiger partial charge in [-0.1, -0.05) is 12.1 Å². The predicted octanol–water partition coefficient (Wildman–Crippen LogP) is 0.383. The van der Waals surface area contributed by atoms with E-state index in [0.717, 1.165) is 5.56 Å². The summed E-state index contributed by atoms with van der Waals surface area (Å²) in [5.74, 6) is -0.136. The molecule has 0 bridgehead atoms. The van der Waals surface area contributed by atoms with Crippen LogP contribution in [-0.2, 0) is 6.42 Å². The summed E-state index contributed by atoms with van der Waals surface area (Å²) in [6.45, 7) is 0.459. The minimum Gasteiger partial charge on any atom is -0.391 e. The number of carbonyl (C=O) groups excluding carboxylic acids is 2. The number of rotatable bonds is 1. The first kappa shape index (κ1) is 13.3. The molecule has 0 aromatic heterocycles. The summed E-state index contributed by atoms with van der Waals surface area (Å²) in [6.07, 6.45) is -0.0445. The van der Waals surface area contributed by atoms with E-state index in [-0.39, 0.29) is 24.8 Å². The molecule has 1 aromatic carbocycles. The van der Waals surface area contributed by atoms with Crippen LogP contribution in [0.25, 0.3) is 0 Å². The van der Waals surface area contributed by atoms with E-state index in [4.69, 9.17) is 0 Å². The molecule has 0 saturated carbocycles. The standard InChI is InChI=1S/C15H17NO4/c17-9-6-10(18)8-16(7-9)15(20)13-3-1-2-12-11(13)4-5-14(12)19/h1-3,9-10,17-18H,4-8H2/t9-,10-/m1/s1. The molecule has 5 nitrogen and oxygen atoms in total. The first-order chi connectivity index (χ1) is 9.56. The first-order valence-electron chi connectivity index (χ1n) is 6.86. The number of Topliss-reactive ketones (excluding diaryl/α,β-unsaturated/α-hetero) is 1.